The van der Waals surface area contributed by atoms with E-state index in [0.29, 0.717) is 21.9 Å². The van der Waals surface area contributed by atoms with Crippen LogP contribution in [0.4, 0.5) is 5.82 Å². The molecule has 0 unspecified atom stereocenters. The molecule has 2 aromatic rings. The number of rotatable bonds is 1. The molecule has 0 radical (unpaired) electrons. The Labute approximate surface area is 145 Å². The van der Waals surface area contributed by atoms with Gasteiger partial charge in [0.15, 0.2) is 0 Å². The van der Waals surface area contributed by atoms with Gasteiger partial charge in [0.25, 0.3) is 0 Å². The zero-order valence-corrected chi connectivity index (χ0v) is 13.9. The third kappa shape index (κ3) is 2.34. The molecule has 0 saturated carbocycles. The van der Waals surface area contributed by atoms with Gasteiger partial charge in [0.2, 0.25) is 0 Å². The maximum absolute atomic E-state index is 9.52. The lowest BCUT2D eigenvalue weighted by molar-refractivity contribution is 1.22. The molecule has 0 aliphatic heterocycles. The Hall–Kier alpha value is -3.08. The molecule has 1 aliphatic carbocycles. The van der Waals surface area contributed by atoms with Crippen LogP contribution in [-0.2, 0) is 0 Å². The van der Waals surface area contributed by atoms with E-state index in [-0.39, 0.29) is 5.82 Å². The van der Waals surface area contributed by atoms with Crippen molar-refractivity contribution in [3.05, 3.63) is 62.8 Å². The monoisotopic (exact) mass is 332 g/mol. The normalized spacial score (nSPS) is 14.5. The standard InChI is InChI=1S/C19H13ClN4/c1-10-14(7-12-4-3-5-13(20)6-12)17-11(2)16(9-22)19(23)24-18(17)15(10)8-21/h3-7H,1-2H3,(H2,23,24)/b14-7-. The minimum atomic E-state index is 0.151. The summed E-state index contributed by atoms with van der Waals surface area (Å²) >= 11 is 6.06. The zero-order valence-electron chi connectivity index (χ0n) is 13.2. The van der Waals surface area contributed by atoms with Gasteiger partial charge < -0.3 is 5.73 Å². The molecule has 116 valence electrons. The van der Waals surface area contributed by atoms with Crippen LogP contribution >= 0.6 is 11.6 Å². The lowest BCUT2D eigenvalue weighted by atomic mass is 9.95. The van der Waals surface area contributed by atoms with Crippen LogP contribution in [0, 0.1) is 29.6 Å². The highest BCUT2D eigenvalue weighted by atomic mass is 35.5. The van der Waals surface area contributed by atoms with Crippen molar-refractivity contribution in [3.8, 4) is 12.1 Å². The van der Waals surface area contributed by atoms with E-state index in [0.717, 1.165) is 27.8 Å². The van der Waals surface area contributed by atoms with Crippen molar-refractivity contribution in [1.82, 2.24) is 4.98 Å². The lowest BCUT2D eigenvalue weighted by Crippen LogP contribution is -2.03. The van der Waals surface area contributed by atoms with Gasteiger partial charge >= 0.3 is 0 Å². The van der Waals surface area contributed by atoms with Crippen LogP contribution in [0.5, 0.6) is 0 Å². The van der Waals surface area contributed by atoms with Crippen LogP contribution in [0.15, 0.2) is 29.8 Å². The first-order valence-electron chi connectivity index (χ1n) is 7.27. The fourth-order valence-corrected chi connectivity index (χ4v) is 3.16. The predicted molar refractivity (Wildman–Crippen MR) is 95.6 cm³/mol. The Morgan fingerprint density at radius 2 is 1.96 bits per heavy atom. The molecule has 0 fully saturated rings. The molecule has 0 spiro atoms. The summed E-state index contributed by atoms with van der Waals surface area (Å²) in [7, 11) is 0. The molecule has 0 amide bonds. The Bertz CT molecular complexity index is 1020. The Kier molecular flexibility index (Phi) is 3.85. The lowest BCUT2D eigenvalue weighted by Gasteiger charge is -2.11. The summed E-state index contributed by atoms with van der Waals surface area (Å²) in [6, 6.07) is 11.7. The van der Waals surface area contributed by atoms with Gasteiger partial charge in [-0.3, -0.25) is 0 Å². The number of halogens is 1. The highest BCUT2D eigenvalue weighted by molar-refractivity contribution is 6.30. The summed E-state index contributed by atoms with van der Waals surface area (Å²) in [5.41, 5.74) is 11.4. The van der Waals surface area contributed by atoms with Crippen molar-refractivity contribution in [3.63, 3.8) is 0 Å². The second-order valence-electron chi connectivity index (χ2n) is 5.56. The fourth-order valence-electron chi connectivity index (χ4n) is 2.96. The molecule has 1 aliphatic rings. The number of allylic oxidation sites excluding steroid dienone is 3. The van der Waals surface area contributed by atoms with Gasteiger partial charge in [-0.2, -0.15) is 10.5 Å². The molecule has 1 aromatic carbocycles. The van der Waals surface area contributed by atoms with E-state index in [2.05, 4.69) is 17.1 Å². The molecule has 1 aromatic heterocycles. The molecular weight excluding hydrogens is 320 g/mol. The van der Waals surface area contributed by atoms with Crippen LogP contribution in [0.25, 0.3) is 17.2 Å². The quantitative estimate of drug-likeness (QED) is 0.841. The summed E-state index contributed by atoms with van der Waals surface area (Å²) in [6.45, 7) is 3.70. The Morgan fingerprint density at radius 3 is 2.58 bits per heavy atom. The number of pyridine rings is 1. The van der Waals surface area contributed by atoms with Crippen molar-refractivity contribution in [2.24, 2.45) is 0 Å². The molecule has 2 N–H and O–H groups in total. The van der Waals surface area contributed by atoms with Crippen molar-refractivity contribution < 1.29 is 0 Å². The van der Waals surface area contributed by atoms with Crippen molar-refractivity contribution in [2.45, 2.75) is 13.8 Å². The maximum Gasteiger partial charge on any atom is 0.142 e. The van der Waals surface area contributed by atoms with Crippen LogP contribution in [0.2, 0.25) is 5.02 Å². The van der Waals surface area contributed by atoms with Gasteiger partial charge in [0.1, 0.15) is 18.0 Å². The average molecular weight is 333 g/mol. The molecule has 24 heavy (non-hydrogen) atoms. The van der Waals surface area contributed by atoms with Crippen LogP contribution in [-0.4, -0.2) is 4.98 Å². The Morgan fingerprint density at radius 1 is 1.21 bits per heavy atom. The number of anilines is 1. The van der Waals surface area contributed by atoms with E-state index in [4.69, 9.17) is 17.3 Å². The molecule has 3 rings (SSSR count). The van der Waals surface area contributed by atoms with Gasteiger partial charge in [-0.25, -0.2) is 4.98 Å². The number of hydrogen-bond acceptors (Lipinski definition) is 4. The Balaban J connectivity index is 2.34. The smallest absolute Gasteiger partial charge is 0.142 e. The van der Waals surface area contributed by atoms with Crippen LogP contribution in [0.1, 0.15) is 34.9 Å². The zero-order chi connectivity index (χ0) is 17.4. The first-order chi connectivity index (χ1) is 11.5. The summed E-state index contributed by atoms with van der Waals surface area (Å²) in [5, 5.41) is 19.5. The largest absolute Gasteiger partial charge is 0.383 e. The molecular formula is C19H13ClN4. The predicted octanol–water partition coefficient (Wildman–Crippen LogP) is 4.35. The molecule has 5 heteroatoms. The van der Waals surface area contributed by atoms with E-state index in [1.807, 2.05) is 38.1 Å². The van der Waals surface area contributed by atoms with Gasteiger partial charge in [0.05, 0.1) is 16.8 Å². The van der Waals surface area contributed by atoms with Crippen LogP contribution in [0.3, 0.4) is 0 Å². The third-order valence-electron chi connectivity index (χ3n) is 4.14. The van der Waals surface area contributed by atoms with E-state index >= 15 is 0 Å². The van der Waals surface area contributed by atoms with Gasteiger partial charge in [-0.15, -0.1) is 0 Å². The summed E-state index contributed by atoms with van der Waals surface area (Å²) < 4.78 is 0. The van der Waals surface area contributed by atoms with Crippen molar-refractivity contribution in [1.29, 1.82) is 10.5 Å². The second kappa shape index (κ2) is 5.85. The third-order valence-corrected chi connectivity index (χ3v) is 4.38. The average Bonchev–Trinajstić information content (AvgIpc) is 2.79. The molecule has 4 nitrogen and oxygen atoms in total. The van der Waals surface area contributed by atoms with Gasteiger partial charge in [-0.05, 0) is 54.3 Å². The van der Waals surface area contributed by atoms with Crippen molar-refractivity contribution in [2.75, 3.05) is 5.73 Å². The number of nitrogens with two attached hydrogens (primary N) is 1. The van der Waals surface area contributed by atoms with E-state index in [9.17, 15) is 10.5 Å². The molecule has 0 atom stereocenters. The highest BCUT2D eigenvalue weighted by Crippen LogP contribution is 2.44. The number of nitrogens with zero attached hydrogens (tertiary/aromatic N) is 3. The summed E-state index contributed by atoms with van der Waals surface area (Å²) in [6.07, 6.45) is 1.95. The van der Waals surface area contributed by atoms with E-state index in [1.54, 1.807) is 6.07 Å². The molecule has 1 heterocycles. The summed E-state index contributed by atoms with van der Waals surface area (Å²) in [5.74, 6) is 0.151. The highest BCUT2D eigenvalue weighted by Gasteiger charge is 2.29. The minimum Gasteiger partial charge on any atom is -0.383 e. The number of aromatic nitrogens is 1. The number of hydrogen-bond donors (Lipinski definition) is 1. The van der Waals surface area contributed by atoms with Crippen molar-refractivity contribution >= 4 is 34.6 Å². The SMILES string of the molecule is CC1=C(C#N)c2nc(N)c(C#N)c(C)c2/C1=C\c1cccc(Cl)c1. The molecule has 0 saturated heterocycles. The van der Waals surface area contributed by atoms with E-state index in [1.165, 1.54) is 0 Å². The topological polar surface area (TPSA) is 86.5 Å². The van der Waals surface area contributed by atoms with E-state index < -0.39 is 0 Å². The van der Waals surface area contributed by atoms with Crippen LogP contribution < -0.4 is 5.73 Å². The first-order valence-corrected chi connectivity index (χ1v) is 7.65. The molecule has 0 bridgehead atoms. The number of fused-ring (bicyclic) bond motifs is 1. The first kappa shape index (κ1) is 15.8. The number of nitriles is 2. The fraction of sp³-hybridized carbons (Fsp3) is 0.105. The number of nitrogen functional groups attached to an aromatic ring is 1. The van der Waals surface area contributed by atoms with Gasteiger partial charge in [-0.1, -0.05) is 23.7 Å². The second-order valence-corrected chi connectivity index (χ2v) is 5.99. The summed E-state index contributed by atoms with van der Waals surface area (Å²) in [4.78, 5) is 4.31. The minimum absolute atomic E-state index is 0.151. The van der Waals surface area contributed by atoms with Gasteiger partial charge in [0, 0.05) is 10.6 Å². The number of benzene rings is 1. The maximum atomic E-state index is 9.52.